The van der Waals surface area contributed by atoms with Crippen molar-refractivity contribution in [3.63, 3.8) is 0 Å². The third kappa shape index (κ3) is 3.08. The van der Waals surface area contributed by atoms with Gasteiger partial charge < -0.3 is 5.73 Å². The molecule has 1 aliphatic heterocycles. The van der Waals surface area contributed by atoms with Gasteiger partial charge in [0.25, 0.3) is 0 Å². The van der Waals surface area contributed by atoms with Gasteiger partial charge in [-0.15, -0.1) is 0 Å². The van der Waals surface area contributed by atoms with Crippen molar-refractivity contribution in [3.05, 3.63) is 29.6 Å². The van der Waals surface area contributed by atoms with E-state index < -0.39 is 0 Å². The minimum absolute atomic E-state index is 0.300. The second kappa shape index (κ2) is 5.91. The number of rotatable bonds is 4. The van der Waals surface area contributed by atoms with Crippen LogP contribution >= 0.6 is 0 Å². The second-order valence-corrected chi connectivity index (χ2v) is 5.80. The Morgan fingerprint density at radius 2 is 1.84 bits per heavy atom. The van der Waals surface area contributed by atoms with Crippen LogP contribution in [-0.2, 0) is 6.54 Å². The van der Waals surface area contributed by atoms with Gasteiger partial charge >= 0.3 is 0 Å². The van der Waals surface area contributed by atoms with E-state index in [2.05, 4.69) is 18.7 Å². The minimum Gasteiger partial charge on any atom is -0.396 e. The van der Waals surface area contributed by atoms with Crippen LogP contribution in [0.4, 0.5) is 10.1 Å². The van der Waals surface area contributed by atoms with Gasteiger partial charge in [0.15, 0.2) is 0 Å². The monoisotopic (exact) mass is 264 g/mol. The largest absolute Gasteiger partial charge is 0.396 e. The second-order valence-electron chi connectivity index (χ2n) is 5.80. The summed E-state index contributed by atoms with van der Waals surface area (Å²) in [5.74, 6) is -0.300. The highest BCUT2D eigenvalue weighted by Crippen LogP contribution is 2.38. The van der Waals surface area contributed by atoms with E-state index in [1.54, 1.807) is 6.07 Å². The van der Waals surface area contributed by atoms with E-state index in [1.165, 1.54) is 31.7 Å². The molecule has 0 aromatic heterocycles. The van der Waals surface area contributed by atoms with Crippen molar-refractivity contribution in [1.29, 1.82) is 0 Å². The van der Waals surface area contributed by atoms with Gasteiger partial charge in [0, 0.05) is 6.54 Å². The van der Waals surface area contributed by atoms with Gasteiger partial charge in [-0.1, -0.05) is 38.8 Å². The van der Waals surface area contributed by atoms with E-state index in [-0.39, 0.29) is 5.82 Å². The first kappa shape index (κ1) is 14.3. The SMILES string of the molecule is CCC1(CC)CCN(Cc2cccc(F)c2N)CC1. The van der Waals surface area contributed by atoms with Gasteiger partial charge in [-0.3, -0.25) is 4.90 Å². The van der Waals surface area contributed by atoms with Crippen molar-refractivity contribution in [2.24, 2.45) is 5.41 Å². The minimum atomic E-state index is -0.300. The number of nitrogens with two attached hydrogens (primary N) is 1. The summed E-state index contributed by atoms with van der Waals surface area (Å²) < 4.78 is 13.4. The van der Waals surface area contributed by atoms with Crippen LogP contribution in [0.2, 0.25) is 0 Å². The van der Waals surface area contributed by atoms with Crippen LogP contribution in [0.5, 0.6) is 0 Å². The van der Waals surface area contributed by atoms with Gasteiger partial charge in [0.2, 0.25) is 0 Å². The van der Waals surface area contributed by atoms with Crippen molar-refractivity contribution >= 4 is 5.69 Å². The summed E-state index contributed by atoms with van der Waals surface area (Å²) in [6.45, 7) is 7.55. The molecule has 2 nitrogen and oxygen atoms in total. The fraction of sp³-hybridized carbons (Fsp3) is 0.625. The van der Waals surface area contributed by atoms with Crippen LogP contribution < -0.4 is 5.73 Å². The summed E-state index contributed by atoms with van der Waals surface area (Å²) >= 11 is 0. The first-order valence-corrected chi connectivity index (χ1v) is 7.35. The molecule has 1 aliphatic rings. The van der Waals surface area contributed by atoms with Crippen LogP contribution in [0.3, 0.4) is 0 Å². The number of halogens is 1. The highest BCUT2D eigenvalue weighted by molar-refractivity contribution is 5.47. The molecule has 2 rings (SSSR count). The van der Waals surface area contributed by atoms with Crippen LogP contribution in [0.1, 0.15) is 45.1 Å². The smallest absolute Gasteiger partial charge is 0.146 e. The zero-order valence-electron chi connectivity index (χ0n) is 12.1. The Hall–Kier alpha value is -1.09. The fourth-order valence-electron chi connectivity index (χ4n) is 3.10. The molecule has 0 atom stereocenters. The molecular formula is C16H25FN2. The van der Waals surface area contributed by atoms with Crippen LogP contribution in [0.15, 0.2) is 18.2 Å². The average Bonchev–Trinajstić information content (AvgIpc) is 2.45. The predicted molar refractivity (Wildman–Crippen MR) is 78.3 cm³/mol. The van der Waals surface area contributed by atoms with Crippen molar-refractivity contribution in [3.8, 4) is 0 Å². The van der Waals surface area contributed by atoms with E-state index in [9.17, 15) is 4.39 Å². The number of anilines is 1. The van der Waals surface area contributed by atoms with Gasteiger partial charge in [0.05, 0.1) is 5.69 Å². The zero-order valence-corrected chi connectivity index (χ0v) is 12.1. The summed E-state index contributed by atoms with van der Waals surface area (Å²) in [6, 6.07) is 5.10. The van der Waals surface area contributed by atoms with Crippen LogP contribution in [0.25, 0.3) is 0 Å². The zero-order chi connectivity index (χ0) is 13.9. The maximum Gasteiger partial charge on any atom is 0.146 e. The molecule has 1 aromatic carbocycles. The third-order valence-corrected chi connectivity index (χ3v) is 4.95. The number of nitrogen functional groups attached to an aromatic ring is 1. The number of benzene rings is 1. The Labute approximate surface area is 115 Å². The number of hydrogen-bond donors (Lipinski definition) is 1. The quantitative estimate of drug-likeness (QED) is 0.838. The van der Waals surface area contributed by atoms with Crippen molar-refractivity contribution in [2.45, 2.75) is 46.1 Å². The highest BCUT2D eigenvalue weighted by atomic mass is 19.1. The first-order chi connectivity index (χ1) is 9.10. The van der Waals surface area contributed by atoms with Crippen molar-refractivity contribution in [1.82, 2.24) is 4.90 Å². The topological polar surface area (TPSA) is 29.3 Å². The summed E-state index contributed by atoms with van der Waals surface area (Å²) in [5, 5.41) is 0. The molecule has 106 valence electrons. The summed E-state index contributed by atoms with van der Waals surface area (Å²) in [5.41, 5.74) is 7.56. The normalized spacial score (nSPS) is 19.5. The average molecular weight is 264 g/mol. The van der Waals surface area contributed by atoms with E-state index >= 15 is 0 Å². The Balaban J connectivity index is 1.98. The lowest BCUT2D eigenvalue weighted by Gasteiger charge is -2.41. The Morgan fingerprint density at radius 1 is 1.21 bits per heavy atom. The van der Waals surface area contributed by atoms with Crippen LogP contribution in [-0.4, -0.2) is 18.0 Å². The number of para-hydroxylation sites is 1. The van der Waals surface area contributed by atoms with E-state index in [4.69, 9.17) is 5.73 Å². The predicted octanol–water partition coefficient (Wildman–Crippen LogP) is 3.81. The lowest BCUT2D eigenvalue weighted by Crippen LogP contribution is -2.39. The Kier molecular flexibility index (Phi) is 4.46. The first-order valence-electron chi connectivity index (χ1n) is 7.35. The molecule has 2 N–H and O–H groups in total. The van der Waals surface area contributed by atoms with Gasteiger partial charge in [-0.05, 0) is 43.0 Å². The molecule has 0 radical (unpaired) electrons. The molecule has 0 aliphatic carbocycles. The van der Waals surface area contributed by atoms with E-state index in [0.29, 0.717) is 11.1 Å². The molecule has 1 fully saturated rings. The molecule has 19 heavy (non-hydrogen) atoms. The standard InChI is InChI=1S/C16H25FN2/c1-3-16(4-2)8-10-19(11-9-16)12-13-6-5-7-14(17)15(13)18/h5-7H,3-4,8-12,18H2,1-2H3. The van der Waals surface area contributed by atoms with E-state index in [0.717, 1.165) is 25.2 Å². The maximum absolute atomic E-state index is 13.4. The maximum atomic E-state index is 13.4. The lowest BCUT2D eigenvalue weighted by atomic mass is 9.74. The molecule has 0 unspecified atom stereocenters. The molecule has 0 bridgehead atoms. The summed E-state index contributed by atoms with van der Waals surface area (Å²) in [7, 11) is 0. The van der Waals surface area contributed by atoms with Crippen molar-refractivity contribution in [2.75, 3.05) is 18.8 Å². The Bertz CT molecular complexity index is 417. The Morgan fingerprint density at radius 3 is 2.42 bits per heavy atom. The summed E-state index contributed by atoms with van der Waals surface area (Å²) in [6.07, 6.45) is 5.02. The number of hydrogen-bond acceptors (Lipinski definition) is 2. The number of nitrogens with zero attached hydrogens (tertiary/aromatic N) is 1. The molecule has 0 spiro atoms. The third-order valence-electron chi connectivity index (χ3n) is 4.95. The molecule has 0 saturated carbocycles. The van der Waals surface area contributed by atoms with E-state index in [1.807, 2.05) is 6.07 Å². The molecule has 1 aromatic rings. The summed E-state index contributed by atoms with van der Waals surface area (Å²) in [4.78, 5) is 2.40. The molecule has 0 amide bonds. The van der Waals surface area contributed by atoms with Crippen molar-refractivity contribution < 1.29 is 4.39 Å². The fourth-order valence-corrected chi connectivity index (χ4v) is 3.10. The molecule has 1 saturated heterocycles. The highest BCUT2D eigenvalue weighted by Gasteiger charge is 2.31. The molecule has 3 heteroatoms. The number of piperidine rings is 1. The van der Waals surface area contributed by atoms with Gasteiger partial charge in [0.1, 0.15) is 5.82 Å². The lowest BCUT2D eigenvalue weighted by molar-refractivity contribution is 0.0910. The van der Waals surface area contributed by atoms with Crippen LogP contribution in [0, 0.1) is 11.2 Å². The van der Waals surface area contributed by atoms with Gasteiger partial charge in [-0.25, -0.2) is 4.39 Å². The van der Waals surface area contributed by atoms with Gasteiger partial charge in [-0.2, -0.15) is 0 Å². The molecule has 1 heterocycles. The number of likely N-dealkylation sites (tertiary alicyclic amines) is 1. The molecular weight excluding hydrogens is 239 g/mol.